The van der Waals surface area contributed by atoms with Crippen LogP contribution in [0.1, 0.15) is 32.3 Å². The van der Waals surface area contributed by atoms with Crippen LogP contribution in [0.15, 0.2) is 29.3 Å². The largest absolute Gasteiger partial charge is 0.450 e. The molecule has 174 valence electrons. The molecule has 0 saturated carbocycles. The van der Waals surface area contributed by atoms with Crippen molar-refractivity contribution in [2.24, 2.45) is 4.99 Å². The first-order valence-electron chi connectivity index (χ1n) is 10.1. The number of nitro groups is 1. The van der Waals surface area contributed by atoms with Crippen LogP contribution in [-0.2, 0) is 16.0 Å². The summed E-state index contributed by atoms with van der Waals surface area (Å²) < 4.78 is 10.3. The van der Waals surface area contributed by atoms with Gasteiger partial charge in [0.1, 0.15) is 0 Å². The van der Waals surface area contributed by atoms with Crippen molar-refractivity contribution in [3.63, 3.8) is 0 Å². The number of hydrogen-bond acceptors (Lipinski definition) is 6. The van der Waals surface area contributed by atoms with Gasteiger partial charge >= 0.3 is 6.09 Å². The zero-order chi connectivity index (χ0) is 21.9. The number of nitro benzene ring substituents is 1. The first-order valence-corrected chi connectivity index (χ1v) is 10.1. The van der Waals surface area contributed by atoms with Crippen LogP contribution in [0, 0.1) is 10.1 Å². The number of halogens is 1. The molecule has 2 rings (SSSR count). The average molecular weight is 549 g/mol. The zero-order valence-corrected chi connectivity index (χ0v) is 20.5. The van der Waals surface area contributed by atoms with E-state index < -0.39 is 4.92 Å². The number of piperidine rings is 1. The third-order valence-corrected chi connectivity index (χ3v) is 4.73. The molecule has 1 unspecified atom stereocenters. The number of nitrogens with one attached hydrogen (secondary N) is 2. The van der Waals surface area contributed by atoms with Crippen LogP contribution >= 0.6 is 24.0 Å². The Kier molecular flexibility index (Phi) is 12.2. The molecular formula is C20H32IN5O5. The molecule has 1 aromatic carbocycles. The number of rotatable bonds is 8. The summed E-state index contributed by atoms with van der Waals surface area (Å²) in [5.41, 5.74) is 0.930. The lowest BCUT2D eigenvalue weighted by Crippen LogP contribution is -2.52. The van der Waals surface area contributed by atoms with Crippen LogP contribution in [0.5, 0.6) is 0 Å². The molecule has 1 fully saturated rings. The summed E-state index contributed by atoms with van der Waals surface area (Å²) in [6.07, 6.45) is 1.31. The van der Waals surface area contributed by atoms with Gasteiger partial charge in [0.25, 0.3) is 5.69 Å². The Bertz CT molecular complexity index is 723. The van der Waals surface area contributed by atoms with Crippen molar-refractivity contribution >= 4 is 41.7 Å². The molecular weight excluding hydrogens is 517 g/mol. The molecule has 1 saturated heterocycles. The minimum atomic E-state index is -0.420. The van der Waals surface area contributed by atoms with Gasteiger partial charge in [0.05, 0.1) is 24.7 Å². The fourth-order valence-corrected chi connectivity index (χ4v) is 3.17. The third kappa shape index (κ3) is 9.25. The summed E-state index contributed by atoms with van der Waals surface area (Å²) in [5.74, 6) is 0.646. The van der Waals surface area contributed by atoms with Gasteiger partial charge in [-0.05, 0) is 32.3 Å². The number of carbonyl (C=O) groups excluding carboxylic acids is 1. The van der Waals surface area contributed by atoms with Crippen LogP contribution in [0.2, 0.25) is 0 Å². The van der Waals surface area contributed by atoms with Crippen LogP contribution in [0.25, 0.3) is 0 Å². The number of carbonyl (C=O) groups is 1. The van der Waals surface area contributed by atoms with E-state index in [-0.39, 0.29) is 47.8 Å². The van der Waals surface area contributed by atoms with Gasteiger partial charge in [-0.1, -0.05) is 12.1 Å². The van der Waals surface area contributed by atoms with Gasteiger partial charge in [0.15, 0.2) is 5.96 Å². The number of guanidine groups is 1. The van der Waals surface area contributed by atoms with Crippen LogP contribution in [0.3, 0.4) is 0 Å². The van der Waals surface area contributed by atoms with Crippen molar-refractivity contribution < 1.29 is 19.2 Å². The second kappa shape index (κ2) is 14.0. The van der Waals surface area contributed by atoms with Gasteiger partial charge in [-0.2, -0.15) is 0 Å². The van der Waals surface area contributed by atoms with Crippen LogP contribution in [0.4, 0.5) is 10.5 Å². The number of amides is 1. The summed E-state index contributed by atoms with van der Waals surface area (Å²) in [4.78, 5) is 28.6. The Labute approximate surface area is 199 Å². The molecule has 1 atom stereocenters. The fourth-order valence-electron chi connectivity index (χ4n) is 3.17. The molecule has 0 radical (unpaired) electrons. The van der Waals surface area contributed by atoms with Gasteiger partial charge in [0, 0.05) is 44.4 Å². The van der Waals surface area contributed by atoms with E-state index >= 15 is 0 Å². The number of hydrogen-bond donors (Lipinski definition) is 2. The summed E-state index contributed by atoms with van der Waals surface area (Å²) in [7, 11) is 1.64. The molecule has 31 heavy (non-hydrogen) atoms. The standard InChI is InChI=1S/C20H31N5O5.HI/c1-4-30-20(26)24-11-9-17(10-12-24)23-19(22-15(2)14-29-3)21-13-16-5-7-18(8-6-16)25(27)28;/h5-8,15,17H,4,9-14H2,1-3H3,(H2,21,22,23);1H. The topological polar surface area (TPSA) is 118 Å². The number of nitrogens with zero attached hydrogens (tertiary/aromatic N) is 3. The Morgan fingerprint density at radius 3 is 2.52 bits per heavy atom. The fraction of sp³-hybridized carbons (Fsp3) is 0.600. The molecule has 0 aromatic heterocycles. The molecule has 1 aromatic rings. The van der Waals surface area contributed by atoms with Gasteiger partial charge in [-0.15, -0.1) is 24.0 Å². The normalized spacial score (nSPS) is 15.6. The number of non-ortho nitro benzene ring substituents is 1. The third-order valence-electron chi connectivity index (χ3n) is 4.73. The SMILES string of the molecule is CCOC(=O)N1CCC(NC(=NCc2ccc([N+](=O)[O-])cc2)NC(C)COC)CC1.I. The monoisotopic (exact) mass is 549 g/mol. The van der Waals surface area contributed by atoms with Crippen molar-refractivity contribution in [3.05, 3.63) is 39.9 Å². The van der Waals surface area contributed by atoms with E-state index in [0.29, 0.717) is 38.8 Å². The molecule has 0 spiro atoms. The van der Waals surface area contributed by atoms with Gasteiger partial charge in [0.2, 0.25) is 0 Å². The minimum absolute atomic E-state index is 0. The lowest BCUT2D eigenvalue weighted by atomic mass is 10.1. The number of likely N-dealkylation sites (tertiary alicyclic amines) is 1. The molecule has 11 heteroatoms. The summed E-state index contributed by atoms with van der Waals surface area (Å²) in [6.45, 7) is 6.33. The van der Waals surface area contributed by atoms with Crippen molar-refractivity contribution in [3.8, 4) is 0 Å². The van der Waals surface area contributed by atoms with E-state index in [9.17, 15) is 14.9 Å². The van der Waals surface area contributed by atoms with E-state index in [2.05, 4.69) is 15.6 Å². The van der Waals surface area contributed by atoms with Crippen molar-refractivity contribution in [2.45, 2.75) is 45.3 Å². The number of methoxy groups -OCH3 is 1. The first kappa shape index (κ1) is 26.9. The number of ether oxygens (including phenoxy) is 2. The molecule has 10 nitrogen and oxygen atoms in total. The number of benzene rings is 1. The van der Waals surface area contributed by atoms with Crippen molar-refractivity contribution in [1.29, 1.82) is 0 Å². The van der Waals surface area contributed by atoms with Gasteiger partial charge in [-0.25, -0.2) is 9.79 Å². The maximum absolute atomic E-state index is 11.9. The highest BCUT2D eigenvalue weighted by atomic mass is 127. The second-order valence-corrected chi connectivity index (χ2v) is 7.19. The summed E-state index contributed by atoms with van der Waals surface area (Å²) in [5, 5.41) is 17.6. The van der Waals surface area contributed by atoms with E-state index in [4.69, 9.17) is 9.47 Å². The summed E-state index contributed by atoms with van der Waals surface area (Å²) >= 11 is 0. The highest BCUT2D eigenvalue weighted by molar-refractivity contribution is 14.0. The molecule has 0 bridgehead atoms. The highest BCUT2D eigenvalue weighted by Crippen LogP contribution is 2.13. The molecule has 0 aliphatic carbocycles. The van der Waals surface area contributed by atoms with Crippen LogP contribution in [-0.4, -0.2) is 67.4 Å². The van der Waals surface area contributed by atoms with Crippen molar-refractivity contribution in [1.82, 2.24) is 15.5 Å². The van der Waals surface area contributed by atoms with Crippen LogP contribution < -0.4 is 10.6 Å². The highest BCUT2D eigenvalue weighted by Gasteiger charge is 2.24. The maximum Gasteiger partial charge on any atom is 0.409 e. The maximum atomic E-state index is 11.9. The Balaban J connectivity index is 0.00000480. The van der Waals surface area contributed by atoms with Crippen molar-refractivity contribution in [2.75, 3.05) is 33.4 Å². The Hall–Kier alpha value is -2.15. The lowest BCUT2D eigenvalue weighted by Gasteiger charge is -2.32. The van der Waals surface area contributed by atoms with E-state index in [0.717, 1.165) is 18.4 Å². The second-order valence-electron chi connectivity index (χ2n) is 7.19. The Morgan fingerprint density at radius 1 is 1.32 bits per heavy atom. The van der Waals surface area contributed by atoms with E-state index in [1.807, 2.05) is 6.92 Å². The first-order chi connectivity index (χ1) is 14.4. The predicted octanol–water partition coefficient (Wildman–Crippen LogP) is 2.90. The quantitative estimate of drug-likeness (QED) is 0.168. The minimum Gasteiger partial charge on any atom is -0.450 e. The Morgan fingerprint density at radius 2 is 1.97 bits per heavy atom. The lowest BCUT2D eigenvalue weighted by molar-refractivity contribution is -0.384. The van der Waals surface area contributed by atoms with Gasteiger partial charge < -0.3 is 25.0 Å². The number of aliphatic imine (C=N–C) groups is 1. The molecule has 2 N–H and O–H groups in total. The van der Waals surface area contributed by atoms with Gasteiger partial charge in [-0.3, -0.25) is 10.1 Å². The predicted molar refractivity (Wildman–Crippen MR) is 129 cm³/mol. The van der Waals surface area contributed by atoms with E-state index in [1.54, 1.807) is 31.1 Å². The average Bonchev–Trinajstić information content (AvgIpc) is 2.73. The zero-order valence-electron chi connectivity index (χ0n) is 18.2. The smallest absolute Gasteiger partial charge is 0.409 e. The summed E-state index contributed by atoms with van der Waals surface area (Å²) in [6, 6.07) is 6.59. The molecule has 1 amide bonds. The van der Waals surface area contributed by atoms with E-state index in [1.165, 1.54) is 12.1 Å². The molecule has 1 heterocycles. The molecule has 1 aliphatic rings. The molecule has 1 aliphatic heterocycles.